The van der Waals surface area contributed by atoms with Crippen molar-refractivity contribution in [1.82, 2.24) is 20.0 Å². The highest BCUT2D eigenvalue weighted by atomic mass is 35.5. The third-order valence-electron chi connectivity index (χ3n) is 5.63. The molecule has 0 spiro atoms. The number of hydrogen-bond donors (Lipinski definition) is 0. The van der Waals surface area contributed by atoms with Crippen molar-refractivity contribution in [2.45, 2.75) is 12.6 Å². The van der Waals surface area contributed by atoms with E-state index in [0.717, 1.165) is 10.9 Å². The summed E-state index contributed by atoms with van der Waals surface area (Å²) in [5.74, 6) is -1.87. The van der Waals surface area contributed by atoms with Gasteiger partial charge < -0.3 is 9.15 Å². The Morgan fingerprint density at radius 2 is 1.68 bits per heavy atom. The van der Waals surface area contributed by atoms with E-state index in [-0.39, 0.29) is 50.7 Å². The maximum Gasteiger partial charge on any atom is 0.435 e. The zero-order valence-corrected chi connectivity index (χ0v) is 21.8. The fourth-order valence-corrected chi connectivity index (χ4v) is 4.17. The van der Waals surface area contributed by atoms with Crippen molar-refractivity contribution in [2.24, 2.45) is 0 Å². The van der Waals surface area contributed by atoms with Gasteiger partial charge in [-0.1, -0.05) is 29.3 Å². The molecule has 0 unspecified atom stereocenters. The van der Waals surface area contributed by atoms with Crippen LogP contribution in [-0.4, -0.2) is 20.0 Å². The number of alkyl halides is 3. The first-order chi connectivity index (χ1) is 19.5. The van der Waals surface area contributed by atoms with E-state index in [2.05, 4.69) is 15.3 Å². The second kappa shape index (κ2) is 10.9. The lowest BCUT2D eigenvalue weighted by Crippen LogP contribution is -2.08. The minimum absolute atomic E-state index is 0.00791. The molecule has 8 nitrogen and oxygen atoms in total. The summed E-state index contributed by atoms with van der Waals surface area (Å²) in [5, 5.41) is 29.3. The van der Waals surface area contributed by atoms with E-state index in [1.807, 2.05) is 12.1 Å². The molecule has 5 rings (SSSR count). The molecule has 2 heterocycles. The fourth-order valence-electron chi connectivity index (χ4n) is 3.76. The minimum atomic E-state index is -4.86. The number of benzene rings is 3. The number of halogens is 6. The Balaban J connectivity index is 1.45. The van der Waals surface area contributed by atoms with Gasteiger partial charge in [0.25, 0.3) is 5.89 Å². The summed E-state index contributed by atoms with van der Waals surface area (Å²) < 4.78 is 68.8. The standard InChI is InChI=1S/C27H12Cl2F4N6O2/c28-17-7-15(12-35)8-19(10-17)40-24-21(29)6-3-16(23(24)30)9-22-36-37-26(41-22)20-13-39(38-25(20)27(31,32)33)18-4-1-14(11-34)2-5-18/h1-8,10,13H,9H2. The van der Waals surface area contributed by atoms with Gasteiger partial charge in [0.15, 0.2) is 17.3 Å². The number of rotatable bonds is 6. The van der Waals surface area contributed by atoms with Gasteiger partial charge in [0.1, 0.15) is 5.75 Å². The predicted octanol–water partition coefficient (Wildman–Crippen LogP) is 7.51. The molecule has 0 radical (unpaired) electrons. The number of nitrogens with zero attached hydrogens (tertiary/aromatic N) is 6. The lowest BCUT2D eigenvalue weighted by atomic mass is 10.1. The summed E-state index contributed by atoms with van der Waals surface area (Å²) in [7, 11) is 0. The zero-order valence-electron chi connectivity index (χ0n) is 20.2. The van der Waals surface area contributed by atoms with Crippen molar-refractivity contribution in [3.63, 3.8) is 0 Å². The van der Waals surface area contributed by atoms with Gasteiger partial charge in [-0.3, -0.25) is 0 Å². The van der Waals surface area contributed by atoms with Crippen molar-refractivity contribution < 1.29 is 26.7 Å². The van der Waals surface area contributed by atoms with Crippen molar-refractivity contribution in [3.8, 4) is 40.8 Å². The topological polar surface area (TPSA) is 114 Å². The molecule has 0 saturated heterocycles. The highest BCUT2D eigenvalue weighted by Gasteiger charge is 2.39. The largest absolute Gasteiger partial charge is 0.453 e. The average Bonchev–Trinajstić information content (AvgIpc) is 3.60. The SMILES string of the molecule is N#Cc1ccc(-n2cc(-c3nnc(Cc4ccc(Cl)c(Oc5cc(Cl)cc(C#N)c5)c4F)o3)c(C(F)(F)F)n2)cc1. The van der Waals surface area contributed by atoms with Crippen LogP contribution < -0.4 is 4.74 Å². The molecule has 0 saturated carbocycles. The van der Waals surface area contributed by atoms with Crippen molar-refractivity contribution in [1.29, 1.82) is 10.5 Å². The smallest absolute Gasteiger partial charge is 0.435 e. The molecule has 0 atom stereocenters. The maximum absolute atomic E-state index is 15.4. The van der Waals surface area contributed by atoms with Gasteiger partial charge in [0, 0.05) is 16.8 Å². The minimum Gasteiger partial charge on any atom is -0.453 e. The van der Waals surface area contributed by atoms with E-state index in [1.54, 1.807) is 0 Å². The van der Waals surface area contributed by atoms with E-state index in [0.29, 0.717) is 5.56 Å². The van der Waals surface area contributed by atoms with Crippen LogP contribution in [0, 0.1) is 28.5 Å². The molecular formula is C27H12Cl2F4N6O2. The third-order valence-corrected chi connectivity index (χ3v) is 6.15. The Morgan fingerprint density at radius 3 is 2.37 bits per heavy atom. The third kappa shape index (κ3) is 5.84. The molecule has 0 aliphatic carbocycles. The summed E-state index contributed by atoms with van der Waals surface area (Å²) in [6, 6.07) is 16.3. The monoisotopic (exact) mass is 598 g/mol. The van der Waals surface area contributed by atoms with Crippen LogP contribution in [-0.2, 0) is 12.6 Å². The maximum atomic E-state index is 15.4. The van der Waals surface area contributed by atoms with Gasteiger partial charge in [0.05, 0.1) is 46.0 Å². The Bertz CT molecular complexity index is 1850. The van der Waals surface area contributed by atoms with Crippen LogP contribution in [0.5, 0.6) is 11.5 Å². The summed E-state index contributed by atoms with van der Waals surface area (Å²) >= 11 is 12.1. The van der Waals surface area contributed by atoms with Gasteiger partial charge >= 0.3 is 6.18 Å². The molecule has 5 aromatic rings. The second-order valence-corrected chi connectivity index (χ2v) is 9.25. The lowest BCUT2D eigenvalue weighted by Gasteiger charge is -2.11. The lowest BCUT2D eigenvalue weighted by molar-refractivity contribution is -0.140. The van der Waals surface area contributed by atoms with Crippen molar-refractivity contribution >= 4 is 23.2 Å². The second-order valence-electron chi connectivity index (χ2n) is 8.41. The molecule has 204 valence electrons. The highest BCUT2D eigenvalue weighted by Crippen LogP contribution is 2.38. The van der Waals surface area contributed by atoms with Gasteiger partial charge in [-0.2, -0.15) is 28.8 Å². The molecule has 14 heteroatoms. The molecule has 0 bridgehead atoms. The Morgan fingerprint density at radius 1 is 0.951 bits per heavy atom. The first-order valence-electron chi connectivity index (χ1n) is 11.4. The summed E-state index contributed by atoms with van der Waals surface area (Å²) in [6.07, 6.45) is -4.10. The van der Waals surface area contributed by atoms with Crippen LogP contribution in [0.2, 0.25) is 10.0 Å². The van der Waals surface area contributed by atoms with Gasteiger partial charge in [-0.15, -0.1) is 10.2 Å². The normalized spacial score (nSPS) is 11.2. The van der Waals surface area contributed by atoms with Crippen LogP contribution in [0.3, 0.4) is 0 Å². The number of nitriles is 2. The predicted molar refractivity (Wildman–Crippen MR) is 137 cm³/mol. The average molecular weight is 599 g/mol. The Labute approximate surface area is 238 Å². The molecule has 0 N–H and O–H groups in total. The van der Waals surface area contributed by atoms with Gasteiger partial charge in [0.2, 0.25) is 5.89 Å². The van der Waals surface area contributed by atoms with Crippen LogP contribution in [0.1, 0.15) is 28.3 Å². The van der Waals surface area contributed by atoms with E-state index in [1.165, 1.54) is 54.6 Å². The highest BCUT2D eigenvalue weighted by molar-refractivity contribution is 6.32. The Kier molecular flexibility index (Phi) is 7.37. The van der Waals surface area contributed by atoms with Crippen LogP contribution in [0.25, 0.3) is 17.1 Å². The van der Waals surface area contributed by atoms with Crippen LogP contribution in [0.4, 0.5) is 17.6 Å². The molecule has 2 aromatic heterocycles. The van der Waals surface area contributed by atoms with Gasteiger partial charge in [-0.05, 0) is 48.5 Å². The van der Waals surface area contributed by atoms with Crippen LogP contribution >= 0.6 is 23.2 Å². The van der Waals surface area contributed by atoms with E-state index >= 15 is 4.39 Å². The van der Waals surface area contributed by atoms with Crippen LogP contribution in [0.15, 0.2) is 65.2 Å². The molecule has 0 fully saturated rings. The molecule has 41 heavy (non-hydrogen) atoms. The fraction of sp³-hybridized carbons (Fsp3) is 0.0741. The number of aromatic nitrogens is 4. The molecular weight excluding hydrogens is 587 g/mol. The first kappa shape index (κ1) is 27.6. The molecule has 0 amide bonds. The quantitative estimate of drug-likeness (QED) is 0.186. The van der Waals surface area contributed by atoms with Gasteiger partial charge in [-0.25, -0.2) is 9.07 Å². The molecule has 0 aliphatic rings. The van der Waals surface area contributed by atoms with E-state index < -0.39 is 29.1 Å². The summed E-state index contributed by atoms with van der Waals surface area (Å²) in [5.41, 5.74) is -1.01. The molecule has 0 aliphatic heterocycles. The van der Waals surface area contributed by atoms with Crippen molar-refractivity contribution in [2.75, 3.05) is 0 Å². The Hall–Kier alpha value is -4.91. The van der Waals surface area contributed by atoms with Crippen molar-refractivity contribution in [3.05, 3.63) is 105 Å². The first-order valence-corrected chi connectivity index (χ1v) is 12.2. The van der Waals surface area contributed by atoms with E-state index in [9.17, 15) is 13.2 Å². The zero-order chi connectivity index (χ0) is 29.3. The summed E-state index contributed by atoms with van der Waals surface area (Å²) in [6.45, 7) is 0. The summed E-state index contributed by atoms with van der Waals surface area (Å²) in [4.78, 5) is 0. The number of ether oxygens (including phenoxy) is 1. The number of hydrogen-bond acceptors (Lipinski definition) is 7. The van der Waals surface area contributed by atoms with E-state index in [4.69, 9.17) is 42.9 Å². The molecule has 3 aromatic carbocycles.